The highest BCUT2D eigenvalue weighted by molar-refractivity contribution is 7.92. The fourth-order valence-corrected chi connectivity index (χ4v) is 5.13. The third-order valence-electron chi connectivity index (χ3n) is 4.93. The second-order valence-electron chi connectivity index (χ2n) is 6.73. The molecule has 0 heterocycles. The fourth-order valence-electron chi connectivity index (χ4n) is 3.23. The lowest BCUT2D eigenvalue weighted by Crippen LogP contribution is -2.18. The van der Waals surface area contributed by atoms with Gasteiger partial charge in [0.05, 0.1) is 10.1 Å². The Hall–Kier alpha value is -2.14. The topological polar surface area (TPSA) is 63.2 Å². The van der Waals surface area contributed by atoms with Crippen LogP contribution in [0.5, 0.6) is 0 Å². The van der Waals surface area contributed by atoms with Gasteiger partial charge in [0.2, 0.25) is 0 Å². The Bertz CT molecular complexity index is 897. The van der Waals surface area contributed by atoms with E-state index in [-0.39, 0.29) is 16.1 Å². The van der Waals surface area contributed by atoms with E-state index in [0.29, 0.717) is 11.3 Å². The Labute approximate surface area is 149 Å². The molecule has 1 saturated carbocycles. The Balaban J connectivity index is 1.82. The van der Waals surface area contributed by atoms with Crippen molar-refractivity contribution in [3.8, 4) is 0 Å². The summed E-state index contributed by atoms with van der Waals surface area (Å²) in [7, 11) is -3.33. The number of hydrogen-bond acceptors (Lipinski definition) is 3. The third kappa shape index (κ3) is 3.76. The molecule has 0 saturated heterocycles. The van der Waals surface area contributed by atoms with Gasteiger partial charge in [0.15, 0.2) is 9.84 Å². The highest BCUT2D eigenvalue weighted by Crippen LogP contribution is 2.30. The van der Waals surface area contributed by atoms with Crippen molar-refractivity contribution in [2.24, 2.45) is 0 Å². The molecule has 1 fully saturated rings. The molecule has 4 nitrogen and oxygen atoms in total. The average molecular weight is 357 g/mol. The van der Waals surface area contributed by atoms with Crippen LogP contribution in [0.1, 0.15) is 47.2 Å². The first-order chi connectivity index (χ1) is 11.9. The molecule has 1 amide bonds. The van der Waals surface area contributed by atoms with Crippen molar-refractivity contribution in [2.75, 3.05) is 5.32 Å². The Kier molecular flexibility index (Phi) is 4.95. The van der Waals surface area contributed by atoms with Crippen LogP contribution < -0.4 is 5.32 Å². The Morgan fingerprint density at radius 1 is 1.00 bits per heavy atom. The summed E-state index contributed by atoms with van der Waals surface area (Å²) < 4.78 is 25.4. The lowest BCUT2D eigenvalue weighted by Gasteiger charge is -2.13. The molecule has 5 heteroatoms. The van der Waals surface area contributed by atoms with Gasteiger partial charge >= 0.3 is 0 Å². The molecule has 0 aromatic heterocycles. The van der Waals surface area contributed by atoms with Crippen LogP contribution >= 0.6 is 0 Å². The largest absolute Gasteiger partial charge is 0.322 e. The van der Waals surface area contributed by atoms with E-state index in [2.05, 4.69) is 5.32 Å². The van der Waals surface area contributed by atoms with E-state index >= 15 is 0 Å². The molecule has 0 atom stereocenters. The van der Waals surface area contributed by atoms with Crippen molar-refractivity contribution in [1.82, 2.24) is 0 Å². The van der Waals surface area contributed by atoms with Crippen LogP contribution in [0.3, 0.4) is 0 Å². The highest BCUT2D eigenvalue weighted by atomic mass is 32.2. The number of carbonyl (C=O) groups excluding carboxylic acids is 1. The molecule has 0 aliphatic heterocycles. The summed E-state index contributed by atoms with van der Waals surface area (Å²) in [6.07, 6.45) is 3.38. The standard InChI is InChI=1S/C20H23NO3S/c1-14-10-11-16(12-15(14)2)20(22)21-17-6-5-9-19(13-17)25(23,24)18-7-3-4-8-18/h5-6,9-13,18H,3-4,7-8H2,1-2H3,(H,21,22). The van der Waals surface area contributed by atoms with Crippen molar-refractivity contribution in [2.45, 2.75) is 49.7 Å². The van der Waals surface area contributed by atoms with E-state index in [0.717, 1.165) is 36.8 Å². The van der Waals surface area contributed by atoms with Gasteiger partial charge in [-0.25, -0.2) is 8.42 Å². The van der Waals surface area contributed by atoms with Crippen LogP contribution in [0.15, 0.2) is 47.4 Å². The van der Waals surface area contributed by atoms with Gasteiger partial charge in [0, 0.05) is 11.3 Å². The molecular formula is C20H23NO3S. The van der Waals surface area contributed by atoms with E-state index < -0.39 is 9.84 Å². The van der Waals surface area contributed by atoms with E-state index in [1.807, 2.05) is 26.0 Å². The predicted octanol–water partition coefficient (Wildman–Crippen LogP) is 4.27. The third-order valence-corrected chi connectivity index (χ3v) is 7.19. The van der Waals surface area contributed by atoms with Gasteiger partial charge in [-0.05, 0) is 68.1 Å². The van der Waals surface area contributed by atoms with Crippen LogP contribution in [0.25, 0.3) is 0 Å². The maximum absolute atomic E-state index is 12.7. The summed E-state index contributed by atoms with van der Waals surface area (Å²) in [4.78, 5) is 12.7. The second kappa shape index (κ2) is 7.00. The van der Waals surface area contributed by atoms with Gasteiger partial charge in [-0.15, -0.1) is 0 Å². The maximum Gasteiger partial charge on any atom is 0.255 e. The van der Waals surface area contributed by atoms with Crippen molar-refractivity contribution in [3.05, 3.63) is 59.2 Å². The number of anilines is 1. The molecule has 1 N–H and O–H groups in total. The molecule has 1 aliphatic carbocycles. The minimum absolute atomic E-state index is 0.237. The van der Waals surface area contributed by atoms with Crippen molar-refractivity contribution >= 4 is 21.4 Å². The lowest BCUT2D eigenvalue weighted by molar-refractivity contribution is 0.102. The molecular weight excluding hydrogens is 334 g/mol. The van der Waals surface area contributed by atoms with Crippen LogP contribution in [0, 0.1) is 13.8 Å². The summed E-state index contributed by atoms with van der Waals surface area (Å²) in [6.45, 7) is 3.95. The second-order valence-corrected chi connectivity index (χ2v) is 8.96. The lowest BCUT2D eigenvalue weighted by atomic mass is 10.1. The van der Waals surface area contributed by atoms with Gasteiger partial charge in [0.1, 0.15) is 0 Å². The zero-order valence-corrected chi connectivity index (χ0v) is 15.4. The number of nitrogens with one attached hydrogen (secondary N) is 1. The van der Waals surface area contributed by atoms with Gasteiger partial charge in [-0.3, -0.25) is 4.79 Å². The monoisotopic (exact) mass is 357 g/mol. The number of aryl methyl sites for hydroxylation is 2. The first kappa shape index (κ1) is 17.7. The molecule has 0 spiro atoms. The van der Waals surface area contributed by atoms with Crippen LogP contribution in [-0.2, 0) is 9.84 Å². The zero-order valence-electron chi connectivity index (χ0n) is 14.6. The number of amides is 1. The molecule has 0 unspecified atom stereocenters. The minimum atomic E-state index is -3.33. The van der Waals surface area contributed by atoms with E-state index in [4.69, 9.17) is 0 Å². The summed E-state index contributed by atoms with van der Waals surface area (Å²) >= 11 is 0. The van der Waals surface area contributed by atoms with Gasteiger partial charge in [0.25, 0.3) is 5.91 Å². The summed E-state index contributed by atoms with van der Waals surface area (Å²) in [6, 6.07) is 12.1. The van der Waals surface area contributed by atoms with Gasteiger partial charge in [-0.2, -0.15) is 0 Å². The minimum Gasteiger partial charge on any atom is -0.322 e. The van der Waals surface area contributed by atoms with Crippen molar-refractivity contribution in [1.29, 1.82) is 0 Å². The van der Waals surface area contributed by atoms with Crippen LogP contribution in [-0.4, -0.2) is 19.6 Å². The van der Waals surface area contributed by atoms with Gasteiger partial charge < -0.3 is 5.32 Å². The van der Waals surface area contributed by atoms with Crippen LogP contribution in [0.2, 0.25) is 0 Å². The fraction of sp³-hybridized carbons (Fsp3) is 0.350. The van der Waals surface area contributed by atoms with Crippen molar-refractivity contribution in [3.63, 3.8) is 0 Å². The molecule has 0 bridgehead atoms. The van der Waals surface area contributed by atoms with E-state index in [1.165, 1.54) is 0 Å². The molecule has 132 valence electrons. The average Bonchev–Trinajstić information content (AvgIpc) is 3.13. The number of rotatable bonds is 4. The van der Waals surface area contributed by atoms with E-state index in [1.54, 1.807) is 30.3 Å². The smallest absolute Gasteiger partial charge is 0.255 e. The molecule has 25 heavy (non-hydrogen) atoms. The maximum atomic E-state index is 12.7. The number of sulfone groups is 1. The summed E-state index contributed by atoms with van der Waals surface area (Å²) in [5, 5.41) is 2.51. The number of carbonyl (C=O) groups is 1. The Morgan fingerprint density at radius 2 is 1.72 bits per heavy atom. The summed E-state index contributed by atoms with van der Waals surface area (Å²) in [5.41, 5.74) is 3.24. The zero-order chi connectivity index (χ0) is 18.0. The Morgan fingerprint density at radius 3 is 2.40 bits per heavy atom. The van der Waals surface area contributed by atoms with E-state index in [9.17, 15) is 13.2 Å². The molecule has 0 radical (unpaired) electrons. The molecule has 2 aromatic carbocycles. The number of hydrogen-bond donors (Lipinski definition) is 1. The van der Waals surface area contributed by atoms with Crippen molar-refractivity contribution < 1.29 is 13.2 Å². The number of benzene rings is 2. The highest BCUT2D eigenvalue weighted by Gasteiger charge is 2.30. The predicted molar refractivity (Wildman–Crippen MR) is 99.8 cm³/mol. The SMILES string of the molecule is Cc1ccc(C(=O)Nc2cccc(S(=O)(=O)C3CCCC3)c2)cc1C. The molecule has 3 rings (SSSR count). The quantitative estimate of drug-likeness (QED) is 0.889. The van der Waals surface area contributed by atoms with Crippen LogP contribution in [0.4, 0.5) is 5.69 Å². The van der Waals surface area contributed by atoms with Gasteiger partial charge in [-0.1, -0.05) is 25.0 Å². The molecule has 1 aliphatic rings. The normalized spacial score (nSPS) is 15.3. The first-order valence-electron chi connectivity index (χ1n) is 8.60. The first-order valence-corrected chi connectivity index (χ1v) is 10.1. The molecule has 2 aromatic rings. The summed E-state index contributed by atoms with van der Waals surface area (Å²) in [5.74, 6) is -0.237.